The summed E-state index contributed by atoms with van der Waals surface area (Å²) in [4.78, 5) is 23.8. The molecule has 2 amide bonds. The van der Waals surface area contributed by atoms with Gasteiger partial charge in [0.15, 0.2) is 0 Å². The third-order valence-corrected chi connectivity index (χ3v) is 3.17. The van der Waals surface area contributed by atoms with Crippen LogP contribution in [0.5, 0.6) is 5.75 Å². The maximum atomic E-state index is 12.1. The molecule has 1 aliphatic rings. The van der Waals surface area contributed by atoms with Crippen LogP contribution in [0.3, 0.4) is 0 Å². The van der Waals surface area contributed by atoms with Gasteiger partial charge in [-0.1, -0.05) is 6.07 Å². The molecule has 5 heteroatoms. The van der Waals surface area contributed by atoms with Gasteiger partial charge >= 0.3 is 0 Å². The number of amides is 2. The second-order valence-corrected chi connectivity index (χ2v) is 4.54. The van der Waals surface area contributed by atoms with Gasteiger partial charge in [-0.15, -0.1) is 0 Å². The molecule has 1 fully saturated rings. The summed E-state index contributed by atoms with van der Waals surface area (Å²) in [6.45, 7) is 0.685. The Balaban J connectivity index is 2.04. The Kier molecular flexibility index (Phi) is 4.39. The minimum atomic E-state index is -0.443. The topological polar surface area (TPSA) is 67.4 Å². The van der Waals surface area contributed by atoms with Crippen LogP contribution in [0.1, 0.15) is 29.6 Å². The maximum absolute atomic E-state index is 12.1. The van der Waals surface area contributed by atoms with Crippen molar-refractivity contribution >= 4 is 11.8 Å². The summed E-state index contributed by atoms with van der Waals surface area (Å²) >= 11 is 0. The molecule has 0 aliphatic carbocycles. The van der Waals surface area contributed by atoms with E-state index in [9.17, 15) is 9.59 Å². The molecule has 0 aromatic heterocycles. The number of carbonyl (C=O) groups is 2. The molecule has 0 spiro atoms. The molecule has 0 saturated carbocycles. The van der Waals surface area contributed by atoms with Crippen LogP contribution in [-0.2, 0) is 4.79 Å². The number of hydrogen-bond donors (Lipinski definition) is 2. The number of benzene rings is 1. The molecule has 1 aromatic carbocycles. The fraction of sp³-hybridized carbons (Fsp3) is 0.429. The van der Waals surface area contributed by atoms with Crippen molar-refractivity contribution in [2.24, 2.45) is 0 Å². The normalized spacial score (nSPS) is 19.2. The van der Waals surface area contributed by atoms with Gasteiger partial charge in [-0.25, -0.2) is 0 Å². The zero-order valence-electron chi connectivity index (χ0n) is 10.9. The van der Waals surface area contributed by atoms with E-state index < -0.39 is 6.04 Å². The summed E-state index contributed by atoms with van der Waals surface area (Å²) in [7, 11) is 1.55. The molecule has 2 N–H and O–H groups in total. The molecule has 2 rings (SSSR count). The highest BCUT2D eigenvalue weighted by Crippen LogP contribution is 2.13. The highest BCUT2D eigenvalue weighted by molar-refractivity contribution is 5.97. The minimum absolute atomic E-state index is 0.103. The van der Waals surface area contributed by atoms with Crippen LogP contribution in [0.15, 0.2) is 24.3 Å². The lowest BCUT2D eigenvalue weighted by Gasteiger charge is -2.15. The molecule has 102 valence electrons. The Labute approximate surface area is 112 Å². The Morgan fingerprint density at radius 3 is 3.05 bits per heavy atom. The molecule has 1 aromatic rings. The monoisotopic (exact) mass is 262 g/mol. The first-order chi connectivity index (χ1) is 9.20. The lowest BCUT2D eigenvalue weighted by molar-refractivity contribution is -0.122. The summed E-state index contributed by atoms with van der Waals surface area (Å²) < 4.78 is 5.08. The molecule has 1 heterocycles. The highest BCUT2D eigenvalue weighted by Gasteiger charge is 2.22. The lowest BCUT2D eigenvalue weighted by atomic mass is 10.1. The van der Waals surface area contributed by atoms with E-state index in [0.29, 0.717) is 24.3 Å². The second-order valence-electron chi connectivity index (χ2n) is 4.54. The van der Waals surface area contributed by atoms with Gasteiger partial charge < -0.3 is 15.4 Å². The number of ether oxygens (including phenoxy) is 1. The van der Waals surface area contributed by atoms with E-state index in [0.717, 1.165) is 12.8 Å². The largest absolute Gasteiger partial charge is 0.497 e. The molecule has 0 radical (unpaired) electrons. The van der Waals surface area contributed by atoms with Gasteiger partial charge in [0.25, 0.3) is 5.91 Å². The summed E-state index contributed by atoms with van der Waals surface area (Å²) in [5.74, 6) is 0.271. The molecule has 1 aliphatic heterocycles. The smallest absolute Gasteiger partial charge is 0.252 e. The Bertz CT molecular complexity index is 474. The van der Waals surface area contributed by atoms with E-state index in [4.69, 9.17) is 4.74 Å². The van der Waals surface area contributed by atoms with E-state index in [1.807, 2.05) is 0 Å². The van der Waals surface area contributed by atoms with Crippen molar-refractivity contribution in [2.75, 3.05) is 13.7 Å². The van der Waals surface area contributed by atoms with Crippen molar-refractivity contribution in [1.29, 1.82) is 0 Å². The minimum Gasteiger partial charge on any atom is -0.497 e. The SMILES string of the molecule is COc1cccc(C(=O)N[C@H]2CCCCNC2=O)c1. The quantitative estimate of drug-likeness (QED) is 0.857. The van der Waals surface area contributed by atoms with Crippen LogP contribution in [-0.4, -0.2) is 31.5 Å². The van der Waals surface area contributed by atoms with Crippen molar-refractivity contribution in [2.45, 2.75) is 25.3 Å². The average Bonchev–Trinajstić information content (AvgIpc) is 2.64. The predicted octanol–water partition coefficient (Wildman–Crippen LogP) is 1.09. The first kappa shape index (κ1) is 13.4. The zero-order valence-corrected chi connectivity index (χ0v) is 10.9. The van der Waals surface area contributed by atoms with Gasteiger partial charge in [0.2, 0.25) is 5.91 Å². The third kappa shape index (κ3) is 3.47. The summed E-state index contributed by atoms with van der Waals surface area (Å²) in [5.41, 5.74) is 0.497. The summed E-state index contributed by atoms with van der Waals surface area (Å²) in [5, 5.41) is 5.57. The van der Waals surface area contributed by atoms with Crippen LogP contribution >= 0.6 is 0 Å². The Morgan fingerprint density at radius 2 is 2.26 bits per heavy atom. The predicted molar refractivity (Wildman–Crippen MR) is 71.1 cm³/mol. The summed E-state index contributed by atoms with van der Waals surface area (Å²) in [6.07, 6.45) is 2.57. The third-order valence-electron chi connectivity index (χ3n) is 3.17. The van der Waals surface area contributed by atoms with E-state index >= 15 is 0 Å². The van der Waals surface area contributed by atoms with Crippen molar-refractivity contribution in [3.8, 4) is 5.75 Å². The van der Waals surface area contributed by atoms with Gasteiger partial charge in [-0.05, 0) is 37.5 Å². The number of hydrogen-bond acceptors (Lipinski definition) is 3. The average molecular weight is 262 g/mol. The molecule has 0 bridgehead atoms. The van der Waals surface area contributed by atoms with E-state index in [1.165, 1.54) is 0 Å². The molecule has 19 heavy (non-hydrogen) atoms. The molecular weight excluding hydrogens is 244 g/mol. The van der Waals surface area contributed by atoms with Crippen LogP contribution in [0.25, 0.3) is 0 Å². The van der Waals surface area contributed by atoms with Crippen molar-refractivity contribution in [3.05, 3.63) is 29.8 Å². The van der Waals surface area contributed by atoms with Gasteiger partial charge in [0, 0.05) is 12.1 Å². The van der Waals surface area contributed by atoms with E-state index in [2.05, 4.69) is 10.6 Å². The maximum Gasteiger partial charge on any atom is 0.252 e. The number of rotatable bonds is 3. The van der Waals surface area contributed by atoms with Crippen LogP contribution in [0.4, 0.5) is 0 Å². The first-order valence-corrected chi connectivity index (χ1v) is 6.43. The number of nitrogens with one attached hydrogen (secondary N) is 2. The van der Waals surface area contributed by atoms with Gasteiger partial charge in [-0.3, -0.25) is 9.59 Å². The van der Waals surface area contributed by atoms with E-state index in [1.54, 1.807) is 31.4 Å². The molecule has 1 atom stereocenters. The lowest BCUT2D eigenvalue weighted by Crippen LogP contribution is -2.45. The van der Waals surface area contributed by atoms with Crippen molar-refractivity contribution < 1.29 is 14.3 Å². The number of methoxy groups -OCH3 is 1. The molecule has 0 unspecified atom stereocenters. The Hall–Kier alpha value is -2.04. The number of carbonyl (C=O) groups excluding carboxylic acids is 2. The van der Waals surface area contributed by atoms with Crippen molar-refractivity contribution in [3.63, 3.8) is 0 Å². The fourth-order valence-electron chi connectivity index (χ4n) is 2.08. The molecular formula is C14H18N2O3. The van der Waals surface area contributed by atoms with Crippen molar-refractivity contribution in [1.82, 2.24) is 10.6 Å². The highest BCUT2D eigenvalue weighted by atomic mass is 16.5. The Morgan fingerprint density at radius 1 is 1.42 bits per heavy atom. The van der Waals surface area contributed by atoms with Gasteiger partial charge in [0.1, 0.15) is 11.8 Å². The van der Waals surface area contributed by atoms with Crippen LogP contribution < -0.4 is 15.4 Å². The zero-order chi connectivity index (χ0) is 13.7. The van der Waals surface area contributed by atoms with Crippen LogP contribution in [0, 0.1) is 0 Å². The van der Waals surface area contributed by atoms with Gasteiger partial charge in [-0.2, -0.15) is 0 Å². The second kappa shape index (κ2) is 6.22. The van der Waals surface area contributed by atoms with Gasteiger partial charge in [0.05, 0.1) is 7.11 Å². The fourth-order valence-corrected chi connectivity index (χ4v) is 2.08. The molecule has 1 saturated heterocycles. The first-order valence-electron chi connectivity index (χ1n) is 6.43. The standard InChI is InChI=1S/C14H18N2O3/c1-19-11-6-4-5-10(9-11)13(17)16-12-7-2-3-8-15-14(12)18/h4-6,9,12H,2-3,7-8H2,1H3,(H,15,18)(H,16,17)/t12-/m0/s1. The van der Waals surface area contributed by atoms with Crippen LogP contribution in [0.2, 0.25) is 0 Å². The van der Waals surface area contributed by atoms with E-state index in [-0.39, 0.29) is 11.8 Å². The molecule has 5 nitrogen and oxygen atoms in total. The summed E-state index contributed by atoms with van der Waals surface area (Å²) in [6, 6.07) is 6.44.